The number of carbonyl (C=O) groups excluding carboxylic acids is 1. The highest BCUT2D eigenvalue weighted by Gasteiger charge is 2.15. The second-order valence-electron chi connectivity index (χ2n) is 6.16. The maximum atomic E-state index is 12.5. The molecule has 5 nitrogen and oxygen atoms in total. The molecule has 0 saturated carbocycles. The maximum absolute atomic E-state index is 12.5. The highest BCUT2D eigenvalue weighted by molar-refractivity contribution is 7.20. The van der Waals surface area contributed by atoms with Crippen molar-refractivity contribution in [3.63, 3.8) is 0 Å². The van der Waals surface area contributed by atoms with Gasteiger partial charge >= 0.3 is 0 Å². The lowest BCUT2D eigenvalue weighted by Gasteiger charge is -2.17. The fraction of sp³-hybridized carbons (Fsp3) is 0.333. The molecule has 1 aromatic carbocycles. The van der Waals surface area contributed by atoms with Crippen LogP contribution >= 0.6 is 22.7 Å². The van der Waals surface area contributed by atoms with E-state index in [9.17, 15) is 4.79 Å². The third-order valence-corrected chi connectivity index (χ3v) is 6.00. The van der Waals surface area contributed by atoms with Crippen molar-refractivity contribution in [1.82, 2.24) is 10.3 Å². The first-order valence-electron chi connectivity index (χ1n) is 9.27. The molecule has 0 bridgehead atoms. The number of nitrogens with one attached hydrogen (secondary N) is 1. The molecule has 0 saturated heterocycles. The van der Waals surface area contributed by atoms with E-state index in [2.05, 4.69) is 10.3 Å². The lowest BCUT2D eigenvalue weighted by molar-refractivity contribution is -0.121. The molecule has 2 heterocycles. The summed E-state index contributed by atoms with van der Waals surface area (Å²) in [5.41, 5.74) is 1.76. The fourth-order valence-corrected chi connectivity index (χ4v) is 4.41. The number of hydrogen-bond acceptors (Lipinski definition) is 6. The summed E-state index contributed by atoms with van der Waals surface area (Å²) in [7, 11) is 0. The second kappa shape index (κ2) is 9.71. The maximum Gasteiger partial charge on any atom is 0.226 e. The first-order valence-corrected chi connectivity index (χ1v) is 11.0. The van der Waals surface area contributed by atoms with Crippen LogP contribution in [-0.4, -0.2) is 24.1 Å². The van der Waals surface area contributed by atoms with Crippen LogP contribution in [0.4, 0.5) is 0 Å². The summed E-state index contributed by atoms with van der Waals surface area (Å²) in [5.74, 6) is 1.36. The van der Waals surface area contributed by atoms with Crippen molar-refractivity contribution in [3.8, 4) is 21.4 Å². The molecule has 1 N–H and O–H groups in total. The molecule has 28 heavy (non-hydrogen) atoms. The van der Waals surface area contributed by atoms with Gasteiger partial charge in [-0.3, -0.25) is 4.79 Å². The standard InChI is InChI=1S/C21H24N2O3S2/c1-4-25-17-9-8-15(11-18(17)26-5-2)14(3)22-20(24)12-16-13-28-21(23-16)19-7-6-10-27-19/h6-11,13-14H,4-5,12H2,1-3H3,(H,22,24). The largest absolute Gasteiger partial charge is 0.490 e. The van der Waals surface area contributed by atoms with Crippen LogP contribution in [0.1, 0.15) is 38.1 Å². The molecular weight excluding hydrogens is 392 g/mol. The van der Waals surface area contributed by atoms with Gasteiger partial charge in [-0.05, 0) is 49.9 Å². The van der Waals surface area contributed by atoms with Crippen LogP contribution < -0.4 is 14.8 Å². The van der Waals surface area contributed by atoms with Crippen molar-refractivity contribution >= 4 is 28.6 Å². The van der Waals surface area contributed by atoms with Crippen molar-refractivity contribution in [3.05, 3.63) is 52.3 Å². The van der Waals surface area contributed by atoms with Gasteiger partial charge in [0.25, 0.3) is 0 Å². The lowest BCUT2D eigenvalue weighted by Crippen LogP contribution is -2.28. The van der Waals surface area contributed by atoms with Crippen molar-refractivity contribution in [2.24, 2.45) is 0 Å². The van der Waals surface area contributed by atoms with E-state index in [1.807, 2.05) is 61.9 Å². The fourth-order valence-electron chi connectivity index (χ4n) is 2.78. The summed E-state index contributed by atoms with van der Waals surface area (Å²) in [5, 5.41) is 7.97. The van der Waals surface area contributed by atoms with E-state index in [0.29, 0.717) is 19.0 Å². The quantitative estimate of drug-likeness (QED) is 0.528. The van der Waals surface area contributed by atoms with Gasteiger partial charge in [0.15, 0.2) is 11.5 Å². The molecule has 0 fully saturated rings. The molecule has 2 aromatic heterocycles. The average Bonchev–Trinajstić information content (AvgIpc) is 3.35. The SMILES string of the molecule is CCOc1ccc(C(C)NC(=O)Cc2csc(-c3cccs3)n2)cc1OCC. The predicted molar refractivity (Wildman–Crippen MR) is 114 cm³/mol. The normalized spacial score (nSPS) is 11.8. The third-order valence-electron chi connectivity index (χ3n) is 4.07. The number of nitrogens with zero attached hydrogens (tertiary/aromatic N) is 1. The molecule has 0 aliphatic carbocycles. The number of thiophene rings is 1. The van der Waals surface area contributed by atoms with E-state index < -0.39 is 0 Å². The van der Waals surface area contributed by atoms with E-state index in [4.69, 9.17) is 9.47 Å². The number of hydrogen-bond donors (Lipinski definition) is 1. The minimum Gasteiger partial charge on any atom is -0.490 e. The molecule has 7 heteroatoms. The Hall–Kier alpha value is -2.38. The summed E-state index contributed by atoms with van der Waals surface area (Å²) >= 11 is 3.22. The van der Waals surface area contributed by atoms with Crippen LogP contribution in [-0.2, 0) is 11.2 Å². The van der Waals surface area contributed by atoms with E-state index in [1.165, 1.54) is 0 Å². The Morgan fingerprint density at radius 2 is 1.93 bits per heavy atom. The molecule has 148 valence electrons. The monoisotopic (exact) mass is 416 g/mol. The number of aromatic nitrogens is 1. The molecule has 1 atom stereocenters. The Bertz CT molecular complexity index is 906. The van der Waals surface area contributed by atoms with Gasteiger partial charge in [-0.2, -0.15) is 0 Å². The first kappa shape index (κ1) is 20.4. The summed E-state index contributed by atoms with van der Waals surface area (Å²) in [4.78, 5) is 18.2. The number of carbonyl (C=O) groups is 1. The second-order valence-corrected chi connectivity index (χ2v) is 7.97. The Labute approximate surface area is 173 Å². The molecule has 3 rings (SSSR count). The molecule has 0 aliphatic rings. The van der Waals surface area contributed by atoms with Crippen molar-refractivity contribution in [1.29, 1.82) is 0 Å². The van der Waals surface area contributed by atoms with Gasteiger partial charge in [-0.15, -0.1) is 22.7 Å². The summed E-state index contributed by atoms with van der Waals surface area (Å²) in [6.07, 6.45) is 0.265. The van der Waals surface area contributed by atoms with Crippen molar-refractivity contribution in [2.45, 2.75) is 33.2 Å². The zero-order chi connectivity index (χ0) is 19.9. The van der Waals surface area contributed by atoms with Gasteiger partial charge in [0, 0.05) is 5.38 Å². The van der Waals surface area contributed by atoms with E-state index in [1.54, 1.807) is 22.7 Å². The van der Waals surface area contributed by atoms with Crippen LogP contribution in [0.15, 0.2) is 41.1 Å². The van der Waals surface area contributed by atoms with Gasteiger partial charge in [0.2, 0.25) is 5.91 Å². The Morgan fingerprint density at radius 1 is 1.14 bits per heavy atom. The van der Waals surface area contributed by atoms with Gasteiger partial charge in [0.05, 0.1) is 36.2 Å². The van der Waals surface area contributed by atoms with Gasteiger partial charge in [0.1, 0.15) is 5.01 Å². The van der Waals surface area contributed by atoms with Crippen LogP contribution in [0.5, 0.6) is 11.5 Å². The van der Waals surface area contributed by atoms with Gasteiger partial charge < -0.3 is 14.8 Å². The van der Waals surface area contributed by atoms with Gasteiger partial charge in [-0.25, -0.2) is 4.98 Å². The predicted octanol–water partition coefficient (Wildman–Crippen LogP) is 5.09. The Kier molecular flexibility index (Phi) is 7.06. The molecule has 0 aliphatic heterocycles. The van der Waals surface area contributed by atoms with E-state index in [-0.39, 0.29) is 18.4 Å². The smallest absolute Gasteiger partial charge is 0.226 e. The zero-order valence-corrected chi connectivity index (χ0v) is 17.9. The molecule has 0 spiro atoms. The highest BCUT2D eigenvalue weighted by atomic mass is 32.1. The van der Waals surface area contributed by atoms with Gasteiger partial charge in [-0.1, -0.05) is 12.1 Å². The number of amides is 1. The topological polar surface area (TPSA) is 60.5 Å². The zero-order valence-electron chi connectivity index (χ0n) is 16.2. The molecular formula is C21H24N2O3S2. The molecule has 3 aromatic rings. The third kappa shape index (κ3) is 5.11. The Morgan fingerprint density at radius 3 is 2.64 bits per heavy atom. The van der Waals surface area contributed by atoms with Crippen LogP contribution in [0.3, 0.4) is 0 Å². The van der Waals surface area contributed by atoms with E-state index in [0.717, 1.165) is 26.9 Å². The Balaban J connectivity index is 1.63. The number of thiazole rings is 1. The van der Waals surface area contributed by atoms with Crippen molar-refractivity contribution < 1.29 is 14.3 Å². The average molecular weight is 417 g/mol. The molecule has 0 radical (unpaired) electrons. The number of ether oxygens (including phenoxy) is 2. The summed E-state index contributed by atoms with van der Waals surface area (Å²) in [6.45, 7) is 6.97. The van der Waals surface area contributed by atoms with E-state index >= 15 is 0 Å². The van der Waals surface area contributed by atoms with Crippen molar-refractivity contribution in [2.75, 3.05) is 13.2 Å². The molecule has 1 amide bonds. The minimum atomic E-state index is -0.141. The van der Waals surface area contributed by atoms with Crippen LogP contribution in [0.2, 0.25) is 0 Å². The first-order chi connectivity index (χ1) is 13.6. The lowest BCUT2D eigenvalue weighted by atomic mass is 10.1. The summed E-state index contributed by atoms with van der Waals surface area (Å²) < 4.78 is 11.3. The van der Waals surface area contributed by atoms with Crippen LogP contribution in [0, 0.1) is 0 Å². The minimum absolute atomic E-state index is 0.0534. The van der Waals surface area contributed by atoms with Crippen LogP contribution in [0.25, 0.3) is 9.88 Å². The molecule has 1 unspecified atom stereocenters. The highest BCUT2D eigenvalue weighted by Crippen LogP contribution is 2.31. The number of rotatable bonds is 9. The summed E-state index contributed by atoms with van der Waals surface area (Å²) in [6, 6.07) is 9.67. The number of benzene rings is 1.